The van der Waals surface area contributed by atoms with Crippen LogP contribution in [0.25, 0.3) is 0 Å². The van der Waals surface area contributed by atoms with Crippen LogP contribution in [0.1, 0.15) is 16.8 Å². The van der Waals surface area contributed by atoms with E-state index in [2.05, 4.69) is 26.7 Å². The summed E-state index contributed by atoms with van der Waals surface area (Å²) in [6, 6.07) is 16.3. The van der Waals surface area contributed by atoms with Gasteiger partial charge in [-0.15, -0.1) is 0 Å². The molecule has 0 saturated heterocycles. The Bertz CT molecular complexity index is 884. The second kappa shape index (κ2) is 8.98. The lowest BCUT2D eigenvalue weighted by Gasteiger charge is -2.10. The number of aromatic nitrogens is 2. The van der Waals surface area contributed by atoms with Crippen molar-refractivity contribution in [3.05, 3.63) is 77.2 Å². The van der Waals surface area contributed by atoms with Gasteiger partial charge in [0.15, 0.2) is 0 Å². The third-order valence-electron chi connectivity index (χ3n) is 4.07. The van der Waals surface area contributed by atoms with Crippen LogP contribution in [-0.2, 0) is 13.0 Å². The molecule has 1 aromatic heterocycles. The highest BCUT2D eigenvalue weighted by molar-refractivity contribution is 5.43. The highest BCUT2D eigenvalue weighted by Crippen LogP contribution is 2.14. The van der Waals surface area contributed by atoms with Crippen LogP contribution in [0.5, 0.6) is 5.75 Å². The average Bonchev–Trinajstić information content (AvgIpc) is 2.67. The molecule has 3 aromatic rings. The van der Waals surface area contributed by atoms with Gasteiger partial charge in [-0.1, -0.05) is 24.3 Å². The van der Waals surface area contributed by atoms with Crippen molar-refractivity contribution in [2.75, 3.05) is 24.3 Å². The number of aryl methyl sites for hydroxylation is 1. The molecular formula is C21H23FN4O. The molecule has 2 aromatic carbocycles. The number of hydrogen-bond acceptors (Lipinski definition) is 5. The predicted octanol–water partition coefficient (Wildman–Crippen LogP) is 4.20. The molecule has 1 heterocycles. The Kier molecular flexibility index (Phi) is 6.20. The van der Waals surface area contributed by atoms with Crippen LogP contribution in [0.4, 0.5) is 16.2 Å². The van der Waals surface area contributed by atoms with E-state index in [1.807, 2.05) is 31.2 Å². The summed E-state index contributed by atoms with van der Waals surface area (Å²) in [7, 11) is 1.67. The Labute approximate surface area is 158 Å². The summed E-state index contributed by atoms with van der Waals surface area (Å²) in [6.45, 7) is 3.21. The molecule has 0 radical (unpaired) electrons. The first kappa shape index (κ1) is 18.6. The second-order valence-electron chi connectivity index (χ2n) is 6.23. The third-order valence-corrected chi connectivity index (χ3v) is 4.07. The molecule has 0 atom stereocenters. The first-order chi connectivity index (χ1) is 13.1. The lowest BCUT2D eigenvalue weighted by atomic mass is 10.1. The van der Waals surface area contributed by atoms with E-state index in [9.17, 15) is 4.39 Å². The van der Waals surface area contributed by atoms with Crippen LogP contribution in [0.2, 0.25) is 0 Å². The van der Waals surface area contributed by atoms with Gasteiger partial charge in [-0.05, 0) is 48.7 Å². The number of hydrogen-bond donors (Lipinski definition) is 2. The molecule has 27 heavy (non-hydrogen) atoms. The van der Waals surface area contributed by atoms with Gasteiger partial charge in [-0.2, -0.15) is 4.98 Å². The highest BCUT2D eigenvalue weighted by atomic mass is 19.1. The molecule has 0 unspecified atom stereocenters. The predicted molar refractivity (Wildman–Crippen MR) is 106 cm³/mol. The topological polar surface area (TPSA) is 59.1 Å². The molecule has 5 nitrogen and oxygen atoms in total. The maximum atomic E-state index is 13.0. The molecule has 0 aliphatic heterocycles. The third kappa shape index (κ3) is 5.67. The van der Waals surface area contributed by atoms with E-state index in [0.29, 0.717) is 19.0 Å². The molecular weight excluding hydrogens is 343 g/mol. The first-order valence-electron chi connectivity index (χ1n) is 8.83. The Morgan fingerprint density at radius 2 is 1.78 bits per heavy atom. The van der Waals surface area contributed by atoms with E-state index in [4.69, 9.17) is 4.74 Å². The lowest BCUT2D eigenvalue weighted by molar-refractivity contribution is 0.414. The molecule has 0 spiro atoms. The lowest BCUT2D eigenvalue weighted by Crippen LogP contribution is -2.10. The van der Waals surface area contributed by atoms with Gasteiger partial charge in [0.25, 0.3) is 0 Å². The van der Waals surface area contributed by atoms with Crippen molar-refractivity contribution in [2.45, 2.75) is 19.9 Å². The van der Waals surface area contributed by atoms with Crippen molar-refractivity contribution in [3.8, 4) is 5.75 Å². The largest absolute Gasteiger partial charge is 0.497 e. The Hall–Kier alpha value is -3.15. The molecule has 0 aliphatic rings. The Morgan fingerprint density at radius 1 is 0.963 bits per heavy atom. The van der Waals surface area contributed by atoms with E-state index >= 15 is 0 Å². The fraction of sp³-hybridized carbons (Fsp3) is 0.238. The SMILES string of the molecule is COc1cccc(CCNc2nc(C)cc(NCc3ccc(F)cc3)n2)c1. The molecule has 140 valence electrons. The number of nitrogens with one attached hydrogen (secondary N) is 2. The van der Waals surface area contributed by atoms with Crippen molar-refractivity contribution in [3.63, 3.8) is 0 Å². The smallest absolute Gasteiger partial charge is 0.224 e. The fourth-order valence-electron chi connectivity index (χ4n) is 2.68. The van der Waals surface area contributed by atoms with Gasteiger partial charge < -0.3 is 15.4 Å². The highest BCUT2D eigenvalue weighted by Gasteiger charge is 2.03. The average molecular weight is 366 g/mol. The van der Waals surface area contributed by atoms with Gasteiger partial charge in [0.2, 0.25) is 5.95 Å². The van der Waals surface area contributed by atoms with Crippen molar-refractivity contribution in [1.82, 2.24) is 9.97 Å². The Balaban J connectivity index is 1.56. The Morgan fingerprint density at radius 3 is 2.56 bits per heavy atom. The van der Waals surface area contributed by atoms with Crippen LogP contribution in [0, 0.1) is 12.7 Å². The molecule has 0 fully saturated rings. The molecule has 0 saturated carbocycles. The monoisotopic (exact) mass is 366 g/mol. The van der Waals surface area contributed by atoms with E-state index < -0.39 is 0 Å². The normalized spacial score (nSPS) is 10.5. The second-order valence-corrected chi connectivity index (χ2v) is 6.23. The summed E-state index contributed by atoms with van der Waals surface area (Å²) in [4.78, 5) is 8.93. The van der Waals surface area contributed by atoms with Crippen molar-refractivity contribution < 1.29 is 9.13 Å². The standard InChI is InChI=1S/C21H23FN4O/c1-15-12-20(24-14-17-6-8-18(22)9-7-17)26-21(25-15)23-11-10-16-4-3-5-19(13-16)27-2/h3-9,12-13H,10-11,14H2,1-2H3,(H2,23,24,25,26). The molecule has 0 aliphatic carbocycles. The number of ether oxygens (including phenoxy) is 1. The zero-order valence-electron chi connectivity index (χ0n) is 15.5. The summed E-state index contributed by atoms with van der Waals surface area (Å²) in [5, 5.41) is 6.52. The maximum Gasteiger partial charge on any atom is 0.224 e. The van der Waals surface area contributed by atoms with Crippen molar-refractivity contribution >= 4 is 11.8 Å². The van der Waals surface area contributed by atoms with Gasteiger partial charge in [0.05, 0.1) is 7.11 Å². The zero-order valence-corrected chi connectivity index (χ0v) is 15.5. The summed E-state index contributed by atoms with van der Waals surface area (Å²) in [6.07, 6.45) is 0.840. The minimum Gasteiger partial charge on any atom is -0.497 e. The van der Waals surface area contributed by atoms with E-state index in [-0.39, 0.29) is 5.82 Å². The summed E-state index contributed by atoms with van der Waals surface area (Å²) in [5.74, 6) is 1.93. The number of halogens is 1. The van der Waals surface area contributed by atoms with Gasteiger partial charge >= 0.3 is 0 Å². The summed E-state index contributed by atoms with van der Waals surface area (Å²) < 4.78 is 18.2. The number of benzene rings is 2. The van der Waals surface area contributed by atoms with Gasteiger partial charge in [-0.3, -0.25) is 0 Å². The van der Waals surface area contributed by atoms with Gasteiger partial charge in [0.1, 0.15) is 17.4 Å². The van der Waals surface area contributed by atoms with E-state index in [1.54, 1.807) is 19.2 Å². The van der Waals surface area contributed by atoms with Crippen LogP contribution in [0.3, 0.4) is 0 Å². The number of nitrogens with zero attached hydrogens (tertiary/aromatic N) is 2. The van der Waals surface area contributed by atoms with Crippen LogP contribution < -0.4 is 15.4 Å². The van der Waals surface area contributed by atoms with Crippen LogP contribution in [-0.4, -0.2) is 23.6 Å². The van der Waals surface area contributed by atoms with Crippen LogP contribution >= 0.6 is 0 Å². The van der Waals surface area contributed by atoms with Crippen molar-refractivity contribution in [1.29, 1.82) is 0 Å². The number of methoxy groups -OCH3 is 1. The molecule has 3 rings (SSSR count). The first-order valence-corrected chi connectivity index (χ1v) is 8.83. The summed E-state index contributed by atoms with van der Waals surface area (Å²) >= 11 is 0. The maximum absolute atomic E-state index is 13.0. The van der Waals surface area contributed by atoms with Crippen molar-refractivity contribution in [2.24, 2.45) is 0 Å². The molecule has 2 N–H and O–H groups in total. The minimum absolute atomic E-state index is 0.237. The zero-order chi connectivity index (χ0) is 19.1. The van der Waals surface area contributed by atoms with E-state index in [1.165, 1.54) is 17.7 Å². The number of anilines is 2. The number of rotatable bonds is 8. The fourth-order valence-corrected chi connectivity index (χ4v) is 2.68. The molecule has 0 bridgehead atoms. The molecule has 6 heteroatoms. The van der Waals surface area contributed by atoms with Gasteiger partial charge in [0, 0.05) is 24.8 Å². The van der Waals surface area contributed by atoms with E-state index in [0.717, 1.165) is 29.2 Å². The van der Waals surface area contributed by atoms with Gasteiger partial charge in [-0.25, -0.2) is 9.37 Å². The quantitative estimate of drug-likeness (QED) is 0.626. The van der Waals surface area contributed by atoms with Crippen LogP contribution in [0.15, 0.2) is 54.6 Å². The molecule has 0 amide bonds. The minimum atomic E-state index is -0.237. The summed E-state index contributed by atoms with van der Waals surface area (Å²) in [5.41, 5.74) is 3.04.